The van der Waals surface area contributed by atoms with Crippen molar-refractivity contribution < 1.29 is 42.1 Å². The first-order valence-corrected chi connectivity index (χ1v) is 38.0. The fourth-order valence-electron chi connectivity index (χ4n) is 9.84. The van der Waals surface area contributed by atoms with Crippen LogP contribution in [0, 0.1) is 0 Å². The van der Waals surface area contributed by atoms with Crippen LogP contribution >= 0.6 is 7.82 Å². The fraction of sp³-hybridized carbons (Fsp3) is 0.675. The predicted octanol–water partition coefficient (Wildman–Crippen LogP) is 23.5. The number of esters is 2. The van der Waals surface area contributed by atoms with Gasteiger partial charge in [0.15, 0.2) is 6.10 Å². The van der Waals surface area contributed by atoms with Gasteiger partial charge in [-0.15, -0.1) is 0 Å². The predicted molar refractivity (Wildman–Crippen MR) is 387 cm³/mol. The summed E-state index contributed by atoms with van der Waals surface area (Å²) in [6.07, 6.45) is 102. The number of rotatable bonds is 66. The molecule has 0 saturated heterocycles. The lowest BCUT2D eigenvalue weighted by Gasteiger charge is -2.28. The number of unbranched alkanes of at least 4 members (excludes halogenated alkanes) is 28. The summed E-state index contributed by atoms with van der Waals surface area (Å²) in [5.74, 6) is -0.849. The summed E-state index contributed by atoms with van der Waals surface area (Å²) in [5.41, 5.74) is 0. The molecule has 0 aliphatic heterocycles. The van der Waals surface area contributed by atoms with E-state index in [2.05, 4.69) is 160 Å². The Morgan fingerprint density at radius 2 is 0.600 bits per heavy atom. The van der Waals surface area contributed by atoms with Crippen molar-refractivity contribution in [3.8, 4) is 0 Å². The van der Waals surface area contributed by atoms with Gasteiger partial charge in [-0.2, -0.15) is 0 Å². The van der Waals surface area contributed by atoms with E-state index in [4.69, 9.17) is 18.5 Å². The fourth-order valence-corrected chi connectivity index (χ4v) is 10.6. The number of carbonyl (C=O) groups excluding carboxylic acids is 2. The molecule has 0 rings (SSSR count). The molecule has 9 nitrogen and oxygen atoms in total. The van der Waals surface area contributed by atoms with Crippen LogP contribution < -0.4 is 4.89 Å². The van der Waals surface area contributed by atoms with Crippen molar-refractivity contribution in [2.45, 2.75) is 302 Å². The van der Waals surface area contributed by atoms with E-state index in [1.54, 1.807) is 0 Å². The molecular formula is C80H136NO8P. The van der Waals surface area contributed by atoms with Gasteiger partial charge in [0.25, 0.3) is 7.82 Å². The molecule has 0 spiro atoms. The van der Waals surface area contributed by atoms with E-state index < -0.39 is 26.5 Å². The average Bonchev–Trinajstić information content (AvgIpc) is 3.58. The highest BCUT2D eigenvalue weighted by Gasteiger charge is 2.22. The second-order valence-electron chi connectivity index (χ2n) is 25.2. The molecular weight excluding hydrogens is 1130 g/mol. The number of phosphoric ester groups is 1. The van der Waals surface area contributed by atoms with Crippen molar-refractivity contribution in [1.82, 2.24) is 0 Å². The second-order valence-corrected chi connectivity index (χ2v) is 26.6. The van der Waals surface area contributed by atoms with Gasteiger partial charge in [0.1, 0.15) is 19.8 Å². The maximum atomic E-state index is 12.9. The molecule has 10 heteroatoms. The molecule has 0 aromatic heterocycles. The molecule has 0 radical (unpaired) electrons. The van der Waals surface area contributed by atoms with Gasteiger partial charge in [0.05, 0.1) is 27.7 Å². The minimum absolute atomic E-state index is 0.0398. The molecule has 0 aliphatic carbocycles. The molecule has 90 heavy (non-hydrogen) atoms. The van der Waals surface area contributed by atoms with Gasteiger partial charge in [-0.25, -0.2) is 0 Å². The van der Waals surface area contributed by atoms with Crippen LogP contribution in [0.5, 0.6) is 0 Å². The third kappa shape index (κ3) is 72.9. The van der Waals surface area contributed by atoms with Gasteiger partial charge < -0.3 is 27.9 Å². The molecule has 0 aliphatic rings. The first-order valence-electron chi connectivity index (χ1n) is 36.5. The van der Waals surface area contributed by atoms with Gasteiger partial charge in [0, 0.05) is 12.8 Å². The minimum Gasteiger partial charge on any atom is -0.756 e. The van der Waals surface area contributed by atoms with Crippen LogP contribution in [0.15, 0.2) is 146 Å². The number of ether oxygens (including phenoxy) is 2. The number of nitrogens with zero attached hydrogens (tertiary/aromatic N) is 1. The Morgan fingerprint density at radius 3 is 0.889 bits per heavy atom. The van der Waals surface area contributed by atoms with Crippen LogP contribution in [0.3, 0.4) is 0 Å². The van der Waals surface area contributed by atoms with Gasteiger partial charge in [-0.3, -0.25) is 14.2 Å². The Bertz CT molecular complexity index is 2030. The maximum Gasteiger partial charge on any atom is 0.306 e. The van der Waals surface area contributed by atoms with Crippen LogP contribution in [0.25, 0.3) is 0 Å². The highest BCUT2D eigenvalue weighted by molar-refractivity contribution is 7.45. The summed E-state index contributed by atoms with van der Waals surface area (Å²) >= 11 is 0. The quantitative estimate of drug-likeness (QED) is 0.0195. The van der Waals surface area contributed by atoms with Crippen molar-refractivity contribution in [3.05, 3.63) is 146 Å². The minimum atomic E-state index is -4.66. The van der Waals surface area contributed by atoms with Crippen molar-refractivity contribution in [3.63, 3.8) is 0 Å². The normalized spacial score (nSPS) is 14.0. The lowest BCUT2D eigenvalue weighted by atomic mass is 10.0. The van der Waals surface area contributed by atoms with Gasteiger partial charge in [-0.1, -0.05) is 314 Å². The Hall–Kier alpha value is -4.11. The SMILES string of the molecule is CC/C=C\C/C=C\C/C=C\C/C=C\C/C=C\C/C=C\C/C=C\C/C=C\CCCCCCCCC(=O)OC(COC(=O)CCCCCCCCCCCCCCCCCCCCCCCC/C=C\C/C=C\C/C=C\C/C=C\CC)COP(=O)([O-])OCC[N+](C)(C)C. The first kappa shape index (κ1) is 85.9. The summed E-state index contributed by atoms with van der Waals surface area (Å²) in [6.45, 7) is 4.01. The summed E-state index contributed by atoms with van der Waals surface area (Å²) in [6, 6.07) is 0. The number of phosphoric acid groups is 1. The van der Waals surface area contributed by atoms with Crippen LogP contribution in [-0.4, -0.2) is 70.0 Å². The van der Waals surface area contributed by atoms with Crippen molar-refractivity contribution in [2.24, 2.45) is 0 Å². The molecule has 0 heterocycles. The third-order valence-electron chi connectivity index (χ3n) is 15.4. The second kappa shape index (κ2) is 69.2. The Morgan fingerprint density at radius 1 is 0.344 bits per heavy atom. The molecule has 0 aromatic rings. The maximum absolute atomic E-state index is 12.9. The molecule has 0 N–H and O–H groups in total. The summed E-state index contributed by atoms with van der Waals surface area (Å²) in [5, 5.41) is 0. The Kier molecular flexibility index (Phi) is 66.1. The lowest BCUT2D eigenvalue weighted by molar-refractivity contribution is -0.870. The number of quaternary nitrogens is 1. The first-order chi connectivity index (χ1) is 44.0. The number of hydrogen-bond donors (Lipinski definition) is 0. The summed E-state index contributed by atoms with van der Waals surface area (Å²) in [4.78, 5) is 38.1. The number of hydrogen-bond acceptors (Lipinski definition) is 8. The molecule has 0 saturated carbocycles. The average molecular weight is 1270 g/mol. The van der Waals surface area contributed by atoms with E-state index in [-0.39, 0.29) is 32.0 Å². The van der Waals surface area contributed by atoms with Crippen LogP contribution in [0.2, 0.25) is 0 Å². The standard InChI is InChI=1S/C80H136NO8P/c1-6-8-10-12-14-16-18-20-22-24-26-28-30-32-34-36-38-39-40-41-43-44-46-48-50-52-54-56-58-60-62-64-66-68-70-72-79(82)86-76-78(77-88-90(84,85)87-75-74-81(3,4)5)89-80(83)73-71-69-67-65-63-61-59-57-55-53-51-49-47-45-42-37-35-33-31-29-27-25-23-21-19-17-15-13-11-9-7-2/h8-11,14-17,20-23,26-29,33,35,42,45,49,51,55,57,78H,6-7,12-13,18-19,24-25,30-32,34,36-41,43-44,46-48,50,52-54,56,58-77H2,1-5H3/b10-8-,11-9-,16-14-,17-15-,22-20-,23-21-,28-26-,29-27-,35-33-,45-42-,51-49-,57-55-. The molecule has 0 bridgehead atoms. The zero-order valence-electron chi connectivity index (χ0n) is 58.5. The summed E-state index contributed by atoms with van der Waals surface area (Å²) < 4.78 is 34.3. The van der Waals surface area contributed by atoms with Crippen molar-refractivity contribution in [1.29, 1.82) is 0 Å². The van der Waals surface area contributed by atoms with Gasteiger partial charge in [-0.05, 0) is 116 Å². The van der Waals surface area contributed by atoms with E-state index in [1.165, 1.54) is 128 Å². The molecule has 0 amide bonds. The van der Waals surface area contributed by atoms with Crippen LogP contribution in [0.4, 0.5) is 0 Å². The van der Waals surface area contributed by atoms with E-state index in [0.717, 1.165) is 135 Å². The summed E-state index contributed by atoms with van der Waals surface area (Å²) in [7, 11) is 1.15. The Balaban J connectivity index is 4.06. The molecule has 0 aromatic carbocycles. The largest absolute Gasteiger partial charge is 0.756 e. The highest BCUT2D eigenvalue weighted by atomic mass is 31.2. The van der Waals surface area contributed by atoms with E-state index in [1.807, 2.05) is 21.1 Å². The molecule has 514 valence electrons. The van der Waals surface area contributed by atoms with Crippen molar-refractivity contribution >= 4 is 19.8 Å². The monoisotopic (exact) mass is 1270 g/mol. The van der Waals surface area contributed by atoms with Crippen LogP contribution in [0.1, 0.15) is 296 Å². The number of allylic oxidation sites excluding steroid dienone is 24. The van der Waals surface area contributed by atoms with Gasteiger partial charge >= 0.3 is 11.9 Å². The number of carbonyl (C=O) groups is 2. The highest BCUT2D eigenvalue weighted by Crippen LogP contribution is 2.38. The van der Waals surface area contributed by atoms with Crippen molar-refractivity contribution in [2.75, 3.05) is 47.5 Å². The zero-order chi connectivity index (χ0) is 65.5. The number of likely N-dealkylation sites (N-methyl/N-ethyl adjacent to an activating group) is 1. The lowest BCUT2D eigenvalue weighted by Crippen LogP contribution is -2.37. The molecule has 2 atom stereocenters. The zero-order valence-corrected chi connectivity index (χ0v) is 59.4. The van der Waals surface area contributed by atoms with E-state index >= 15 is 0 Å². The van der Waals surface area contributed by atoms with E-state index in [9.17, 15) is 19.0 Å². The Labute approximate surface area is 554 Å². The topological polar surface area (TPSA) is 111 Å². The smallest absolute Gasteiger partial charge is 0.306 e. The van der Waals surface area contributed by atoms with Gasteiger partial charge in [0.2, 0.25) is 0 Å². The molecule has 2 unspecified atom stereocenters. The van der Waals surface area contributed by atoms with Crippen LogP contribution in [-0.2, 0) is 32.7 Å². The molecule has 0 fully saturated rings. The third-order valence-corrected chi connectivity index (χ3v) is 16.3. The van der Waals surface area contributed by atoms with E-state index in [0.29, 0.717) is 17.4 Å².